The summed E-state index contributed by atoms with van der Waals surface area (Å²) in [7, 11) is 0. The molecule has 0 unspecified atom stereocenters. The lowest BCUT2D eigenvalue weighted by atomic mass is 10.1. The van der Waals surface area contributed by atoms with E-state index in [0.29, 0.717) is 19.6 Å². The average Bonchev–Trinajstić information content (AvgIpc) is 3.74. The van der Waals surface area contributed by atoms with Crippen molar-refractivity contribution in [3.63, 3.8) is 0 Å². The highest BCUT2D eigenvalue weighted by Crippen LogP contribution is 2.21. The normalized spacial score (nSPS) is 11.3. The van der Waals surface area contributed by atoms with Gasteiger partial charge in [-0.25, -0.2) is 0 Å². The number of rotatable bonds is 9. The maximum absolute atomic E-state index is 4.71. The van der Waals surface area contributed by atoms with E-state index < -0.39 is 0 Å². The van der Waals surface area contributed by atoms with Gasteiger partial charge in [0.1, 0.15) is 0 Å². The fourth-order valence-corrected chi connectivity index (χ4v) is 4.15. The Morgan fingerprint density at radius 3 is 1.03 bits per heavy atom. The highest BCUT2D eigenvalue weighted by Gasteiger charge is 2.13. The molecule has 0 aliphatic rings. The summed E-state index contributed by atoms with van der Waals surface area (Å²) in [6.07, 6.45) is 16.6. The molecule has 0 amide bonds. The van der Waals surface area contributed by atoms with Gasteiger partial charge in [0.05, 0.1) is 35.7 Å². The monoisotopic (exact) mass is 488 g/mol. The molecule has 6 aromatic rings. The fraction of sp³-hybridized carbons (Fsp3) is 0.111. The Morgan fingerprint density at radius 1 is 0.432 bits per heavy atom. The summed E-state index contributed by atoms with van der Waals surface area (Å²) in [4.78, 5) is 16.4. The molecule has 0 saturated heterocycles. The average molecular weight is 489 g/mol. The van der Waals surface area contributed by atoms with E-state index in [4.69, 9.17) is 15.0 Å². The first-order chi connectivity index (χ1) is 18.3. The zero-order chi connectivity index (χ0) is 24.9. The van der Waals surface area contributed by atoms with E-state index in [1.54, 1.807) is 18.6 Å². The third-order valence-corrected chi connectivity index (χ3v) is 6.13. The van der Waals surface area contributed by atoms with Crippen LogP contribution in [0.4, 0.5) is 0 Å². The van der Waals surface area contributed by atoms with Crippen molar-refractivity contribution >= 4 is 0 Å². The van der Waals surface area contributed by atoms with Gasteiger partial charge in [0.25, 0.3) is 0 Å². The van der Waals surface area contributed by atoms with Gasteiger partial charge in [-0.1, -0.05) is 18.2 Å². The van der Waals surface area contributed by atoms with Crippen molar-refractivity contribution in [2.24, 2.45) is 0 Å². The van der Waals surface area contributed by atoms with Gasteiger partial charge in [0.2, 0.25) is 0 Å². The van der Waals surface area contributed by atoms with Crippen LogP contribution in [0.3, 0.4) is 0 Å². The maximum atomic E-state index is 4.71. The molecule has 0 atom stereocenters. The van der Waals surface area contributed by atoms with Gasteiger partial charge >= 0.3 is 0 Å². The predicted molar refractivity (Wildman–Crippen MR) is 138 cm³/mol. The van der Waals surface area contributed by atoms with Crippen LogP contribution in [-0.4, -0.2) is 50.4 Å². The lowest BCUT2D eigenvalue weighted by Gasteiger charge is -2.21. The number of nitrogens with one attached hydrogen (secondary N) is 3. The minimum atomic E-state index is 0.655. The van der Waals surface area contributed by atoms with Crippen molar-refractivity contribution in [1.82, 2.24) is 50.4 Å². The van der Waals surface area contributed by atoms with Crippen molar-refractivity contribution in [2.75, 3.05) is 0 Å². The molecule has 0 radical (unpaired) electrons. The molecule has 0 saturated carbocycles. The third kappa shape index (κ3) is 5.34. The molecule has 6 rings (SSSR count). The molecule has 0 aliphatic heterocycles. The number of nitrogens with zero attached hydrogens (tertiary/aromatic N) is 7. The van der Waals surface area contributed by atoms with Gasteiger partial charge in [-0.3, -0.25) is 35.1 Å². The summed E-state index contributed by atoms with van der Waals surface area (Å²) in [6, 6.07) is 12.4. The van der Waals surface area contributed by atoms with Gasteiger partial charge in [-0.15, -0.1) is 0 Å². The second-order valence-corrected chi connectivity index (χ2v) is 8.72. The van der Waals surface area contributed by atoms with E-state index in [2.05, 4.69) is 71.9 Å². The molecule has 3 N–H and O–H groups in total. The van der Waals surface area contributed by atoms with Gasteiger partial charge in [0.15, 0.2) is 0 Å². The Labute approximate surface area is 212 Å². The highest BCUT2D eigenvalue weighted by molar-refractivity contribution is 5.61. The van der Waals surface area contributed by atoms with Gasteiger partial charge in [-0.05, 0) is 18.2 Å². The number of hydrogen-bond donors (Lipinski definition) is 3. The second kappa shape index (κ2) is 10.3. The van der Waals surface area contributed by atoms with E-state index >= 15 is 0 Å². The van der Waals surface area contributed by atoms with Gasteiger partial charge < -0.3 is 0 Å². The molecule has 37 heavy (non-hydrogen) atoms. The van der Waals surface area contributed by atoms with Crippen molar-refractivity contribution in [1.29, 1.82) is 0 Å². The standard InChI is InChI=1S/C27H24N10/c1-4-25(28-7-19(1)22-10-31-32-11-22)16-37(17-26-5-2-20(8-29-26)23-12-33-34-13-23)18-27-6-3-21(9-30-27)24-14-35-36-15-24/h1-15H,16-18H2,(H,31,32)(H,33,34)(H,35,36). The van der Waals surface area contributed by atoms with Crippen LogP contribution < -0.4 is 0 Å². The molecule has 0 spiro atoms. The number of aromatic amines is 3. The molecule has 0 fully saturated rings. The van der Waals surface area contributed by atoms with E-state index in [1.165, 1.54) is 0 Å². The van der Waals surface area contributed by atoms with Crippen molar-refractivity contribution in [3.05, 3.63) is 109 Å². The molecule has 6 aromatic heterocycles. The van der Waals surface area contributed by atoms with Crippen LogP contribution in [0.5, 0.6) is 0 Å². The minimum Gasteiger partial charge on any atom is -0.286 e. The zero-order valence-electron chi connectivity index (χ0n) is 19.9. The first-order valence-electron chi connectivity index (χ1n) is 11.8. The van der Waals surface area contributed by atoms with E-state index in [9.17, 15) is 0 Å². The largest absolute Gasteiger partial charge is 0.286 e. The molecule has 0 aliphatic carbocycles. The summed E-state index contributed by atoms with van der Waals surface area (Å²) in [5, 5.41) is 20.6. The SMILES string of the molecule is c1cc(CN(Cc2ccc(-c3cn[nH]c3)cn2)Cc2ccc(-c3cn[nH]c3)cn2)ncc1-c1cn[nH]c1. The van der Waals surface area contributed by atoms with Gasteiger partial charge in [-0.2, -0.15) is 15.3 Å². The quantitative estimate of drug-likeness (QED) is 0.278. The van der Waals surface area contributed by atoms with Crippen LogP contribution in [0.15, 0.2) is 92.2 Å². The molecule has 10 heteroatoms. The topological polar surface area (TPSA) is 128 Å². The van der Waals surface area contributed by atoms with E-state index in [-0.39, 0.29) is 0 Å². The minimum absolute atomic E-state index is 0.655. The molecule has 182 valence electrons. The lowest BCUT2D eigenvalue weighted by Crippen LogP contribution is -2.24. The van der Waals surface area contributed by atoms with Gasteiger partial charge in [0, 0.05) is 90.2 Å². The Bertz CT molecular complexity index is 1320. The molecule has 6 heterocycles. The summed E-state index contributed by atoms with van der Waals surface area (Å²) in [5.41, 5.74) is 9.03. The molecular formula is C27H24N10. The summed E-state index contributed by atoms with van der Waals surface area (Å²) in [6.45, 7) is 1.96. The Hall–Kier alpha value is -4.96. The number of aromatic nitrogens is 9. The van der Waals surface area contributed by atoms with E-state index in [0.717, 1.165) is 50.5 Å². The number of pyridine rings is 3. The predicted octanol–water partition coefficient (Wildman–Crippen LogP) is 4.24. The van der Waals surface area contributed by atoms with Crippen LogP contribution in [0.25, 0.3) is 33.4 Å². The Kier molecular flexibility index (Phi) is 6.29. The van der Waals surface area contributed by atoms with Crippen LogP contribution >= 0.6 is 0 Å². The van der Waals surface area contributed by atoms with Crippen molar-refractivity contribution in [2.45, 2.75) is 19.6 Å². The second-order valence-electron chi connectivity index (χ2n) is 8.72. The molecular weight excluding hydrogens is 464 g/mol. The van der Waals surface area contributed by atoms with Crippen LogP contribution in [-0.2, 0) is 19.6 Å². The Balaban J connectivity index is 1.21. The number of H-pyrrole nitrogens is 3. The summed E-state index contributed by atoms with van der Waals surface area (Å²) in [5.74, 6) is 0. The van der Waals surface area contributed by atoms with E-state index in [1.807, 2.05) is 37.2 Å². The number of hydrogen-bond acceptors (Lipinski definition) is 7. The summed E-state index contributed by atoms with van der Waals surface area (Å²) >= 11 is 0. The van der Waals surface area contributed by atoms with Crippen molar-refractivity contribution in [3.8, 4) is 33.4 Å². The van der Waals surface area contributed by atoms with Crippen LogP contribution in [0.2, 0.25) is 0 Å². The highest BCUT2D eigenvalue weighted by atomic mass is 15.1. The third-order valence-electron chi connectivity index (χ3n) is 6.13. The maximum Gasteiger partial charge on any atom is 0.0566 e. The first kappa shape index (κ1) is 22.5. The smallest absolute Gasteiger partial charge is 0.0566 e. The molecule has 0 bridgehead atoms. The Morgan fingerprint density at radius 2 is 0.784 bits per heavy atom. The zero-order valence-corrected chi connectivity index (χ0v) is 19.9. The molecule has 0 aromatic carbocycles. The van der Waals surface area contributed by atoms with Crippen LogP contribution in [0.1, 0.15) is 17.1 Å². The summed E-state index contributed by atoms with van der Waals surface area (Å²) < 4.78 is 0. The lowest BCUT2D eigenvalue weighted by molar-refractivity contribution is 0.239. The van der Waals surface area contributed by atoms with Crippen molar-refractivity contribution < 1.29 is 0 Å². The van der Waals surface area contributed by atoms with Crippen LogP contribution in [0, 0.1) is 0 Å². The molecule has 10 nitrogen and oxygen atoms in total. The first-order valence-corrected chi connectivity index (χ1v) is 11.8. The fourth-order valence-electron chi connectivity index (χ4n) is 4.15.